The van der Waals surface area contributed by atoms with Crippen LogP contribution < -0.4 is 20.5 Å². The standard InChI is InChI=1S/C17H25N3O4/c1-23-14-8-12(9-15(10-14)24-2)5-6-19-16(21)13-4-3-7-20(11-13)17(18)22/h8-10,13H,3-7,11H2,1-2H3,(H2,18,22)(H,19,21)/t13-/m1/s1. The third-order valence-corrected chi connectivity index (χ3v) is 4.23. The number of urea groups is 1. The van der Waals surface area contributed by atoms with Gasteiger partial charge in [0.1, 0.15) is 11.5 Å². The number of hydrogen-bond acceptors (Lipinski definition) is 4. The van der Waals surface area contributed by atoms with Crippen molar-refractivity contribution in [3.8, 4) is 11.5 Å². The highest BCUT2D eigenvalue weighted by Gasteiger charge is 2.27. The maximum Gasteiger partial charge on any atom is 0.314 e. The predicted molar refractivity (Wildman–Crippen MR) is 90.1 cm³/mol. The van der Waals surface area contributed by atoms with Gasteiger partial charge in [-0.1, -0.05) is 0 Å². The largest absolute Gasteiger partial charge is 0.497 e. The van der Waals surface area contributed by atoms with Crippen molar-refractivity contribution in [2.45, 2.75) is 19.3 Å². The molecule has 0 unspecified atom stereocenters. The van der Waals surface area contributed by atoms with Crippen LogP contribution in [0.15, 0.2) is 18.2 Å². The molecule has 1 aliphatic rings. The molecule has 132 valence electrons. The zero-order valence-electron chi connectivity index (χ0n) is 14.2. The molecule has 0 bridgehead atoms. The molecule has 7 nitrogen and oxygen atoms in total. The lowest BCUT2D eigenvalue weighted by Gasteiger charge is -2.30. The Morgan fingerprint density at radius 1 is 1.25 bits per heavy atom. The van der Waals surface area contributed by atoms with Crippen LogP contribution in [0.2, 0.25) is 0 Å². The zero-order valence-corrected chi connectivity index (χ0v) is 14.2. The molecule has 1 heterocycles. The average molecular weight is 335 g/mol. The van der Waals surface area contributed by atoms with Crippen LogP contribution in [0.25, 0.3) is 0 Å². The predicted octanol–water partition coefficient (Wildman–Crippen LogP) is 1.15. The molecule has 0 radical (unpaired) electrons. The fourth-order valence-electron chi connectivity index (χ4n) is 2.88. The van der Waals surface area contributed by atoms with Crippen molar-refractivity contribution < 1.29 is 19.1 Å². The summed E-state index contributed by atoms with van der Waals surface area (Å²) in [5.74, 6) is 1.22. The summed E-state index contributed by atoms with van der Waals surface area (Å²) < 4.78 is 10.5. The van der Waals surface area contributed by atoms with E-state index in [0.29, 0.717) is 26.1 Å². The number of benzene rings is 1. The molecule has 0 aromatic heterocycles. The van der Waals surface area contributed by atoms with Gasteiger partial charge in [0.15, 0.2) is 0 Å². The molecular weight excluding hydrogens is 310 g/mol. The second-order valence-electron chi connectivity index (χ2n) is 5.89. The molecule has 24 heavy (non-hydrogen) atoms. The second kappa shape index (κ2) is 8.42. The zero-order chi connectivity index (χ0) is 17.5. The molecule has 3 amide bonds. The number of amides is 3. The SMILES string of the molecule is COc1cc(CCNC(=O)[C@@H]2CCCN(C(N)=O)C2)cc(OC)c1. The van der Waals surface area contributed by atoms with Crippen LogP contribution in [0.5, 0.6) is 11.5 Å². The van der Waals surface area contributed by atoms with E-state index in [1.54, 1.807) is 14.2 Å². The van der Waals surface area contributed by atoms with Gasteiger partial charge in [0.2, 0.25) is 5.91 Å². The number of hydrogen-bond donors (Lipinski definition) is 2. The van der Waals surface area contributed by atoms with Gasteiger partial charge in [-0.25, -0.2) is 4.79 Å². The van der Waals surface area contributed by atoms with Gasteiger partial charge in [-0.15, -0.1) is 0 Å². The van der Waals surface area contributed by atoms with E-state index in [9.17, 15) is 9.59 Å². The molecule has 1 aliphatic heterocycles. The first-order chi connectivity index (χ1) is 11.5. The fraction of sp³-hybridized carbons (Fsp3) is 0.529. The average Bonchev–Trinajstić information content (AvgIpc) is 2.61. The second-order valence-corrected chi connectivity index (χ2v) is 5.89. The Bertz CT molecular complexity index is 569. The third-order valence-electron chi connectivity index (χ3n) is 4.23. The molecule has 1 atom stereocenters. The molecule has 1 aromatic rings. The van der Waals surface area contributed by atoms with Gasteiger partial charge in [-0.05, 0) is 37.0 Å². The van der Waals surface area contributed by atoms with Crippen molar-refractivity contribution in [3.63, 3.8) is 0 Å². The van der Waals surface area contributed by atoms with E-state index in [2.05, 4.69) is 5.32 Å². The van der Waals surface area contributed by atoms with Crippen LogP contribution in [0.4, 0.5) is 4.79 Å². The summed E-state index contributed by atoms with van der Waals surface area (Å²) in [5.41, 5.74) is 6.31. The molecule has 0 aliphatic carbocycles. The first-order valence-electron chi connectivity index (χ1n) is 8.07. The maximum absolute atomic E-state index is 12.3. The van der Waals surface area contributed by atoms with Gasteiger partial charge in [-0.3, -0.25) is 4.79 Å². The molecule has 7 heteroatoms. The van der Waals surface area contributed by atoms with E-state index >= 15 is 0 Å². The van der Waals surface area contributed by atoms with E-state index in [1.165, 1.54) is 4.90 Å². The quantitative estimate of drug-likeness (QED) is 0.815. The molecule has 0 saturated carbocycles. The number of nitrogens with zero attached hydrogens (tertiary/aromatic N) is 1. The van der Waals surface area contributed by atoms with Crippen LogP contribution >= 0.6 is 0 Å². The van der Waals surface area contributed by atoms with Gasteiger partial charge in [-0.2, -0.15) is 0 Å². The number of primary amides is 1. The number of nitrogens with one attached hydrogen (secondary N) is 1. The van der Waals surface area contributed by atoms with Crippen LogP contribution in [-0.2, 0) is 11.2 Å². The molecule has 2 rings (SSSR count). The fourth-order valence-corrected chi connectivity index (χ4v) is 2.88. The van der Waals surface area contributed by atoms with Gasteiger partial charge < -0.3 is 25.4 Å². The normalized spacial score (nSPS) is 17.2. The number of piperidine rings is 1. The van der Waals surface area contributed by atoms with Crippen molar-refractivity contribution in [3.05, 3.63) is 23.8 Å². The monoisotopic (exact) mass is 335 g/mol. The van der Waals surface area contributed by atoms with Gasteiger partial charge in [0, 0.05) is 25.7 Å². The van der Waals surface area contributed by atoms with Crippen LogP contribution in [0, 0.1) is 5.92 Å². The van der Waals surface area contributed by atoms with Crippen molar-refractivity contribution in [2.75, 3.05) is 33.9 Å². The van der Waals surface area contributed by atoms with E-state index < -0.39 is 6.03 Å². The third kappa shape index (κ3) is 4.78. The minimum atomic E-state index is -0.462. The van der Waals surface area contributed by atoms with E-state index in [4.69, 9.17) is 15.2 Å². The number of rotatable bonds is 6. The molecule has 3 N–H and O–H groups in total. The highest BCUT2D eigenvalue weighted by atomic mass is 16.5. The van der Waals surface area contributed by atoms with E-state index in [0.717, 1.165) is 29.9 Å². The number of carbonyl (C=O) groups excluding carboxylic acids is 2. The smallest absolute Gasteiger partial charge is 0.314 e. The van der Waals surface area contributed by atoms with Gasteiger partial charge >= 0.3 is 6.03 Å². The number of methoxy groups -OCH3 is 2. The van der Waals surface area contributed by atoms with E-state index in [-0.39, 0.29) is 11.8 Å². The minimum Gasteiger partial charge on any atom is -0.497 e. The van der Waals surface area contributed by atoms with Gasteiger partial charge in [0.25, 0.3) is 0 Å². The van der Waals surface area contributed by atoms with Gasteiger partial charge in [0.05, 0.1) is 20.1 Å². The Hall–Kier alpha value is -2.44. The van der Waals surface area contributed by atoms with Crippen LogP contribution in [-0.4, -0.2) is 50.7 Å². The number of likely N-dealkylation sites (tertiary alicyclic amines) is 1. The lowest BCUT2D eigenvalue weighted by molar-refractivity contribution is -0.126. The first-order valence-corrected chi connectivity index (χ1v) is 8.07. The summed E-state index contributed by atoms with van der Waals surface area (Å²) in [5, 5.41) is 2.94. The highest BCUT2D eigenvalue weighted by Crippen LogP contribution is 2.22. The lowest BCUT2D eigenvalue weighted by atomic mass is 9.97. The highest BCUT2D eigenvalue weighted by molar-refractivity contribution is 5.80. The Morgan fingerprint density at radius 2 is 1.92 bits per heavy atom. The number of ether oxygens (including phenoxy) is 2. The minimum absolute atomic E-state index is 0.0317. The van der Waals surface area contributed by atoms with E-state index in [1.807, 2.05) is 18.2 Å². The molecule has 1 fully saturated rings. The summed E-state index contributed by atoms with van der Waals surface area (Å²) in [4.78, 5) is 25.0. The first kappa shape index (κ1) is 17.9. The van der Waals surface area contributed by atoms with Crippen molar-refractivity contribution >= 4 is 11.9 Å². The van der Waals surface area contributed by atoms with Crippen molar-refractivity contribution in [1.29, 1.82) is 0 Å². The summed E-state index contributed by atoms with van der Waals surface area (Å²) in [6.07, 6.45) is 2.25. The lowest BCUT2D eigenvalue weighted by Crippen LogP contribution is -2.47. The Morgan fingerprint density at radius 3 is 2.50 bits per heavy atom. The summed E-state index contributed by atoms with van der Waals surface area (Å²) >= 11 is 0. The number of carbonyl (C=O) groups is 2. The summed E-state index contributed by atoms with van der Waals surface area (Å²) in [6.45, 7) is 1.54. The Kier molecular flexibility index (Phi) is 6.28. The topological polar surface area (TPSA) is 93.9 Å². The number of nitrogens with two attached hydrogens (primary N) is 1. The molecule has 0 spiro atoms. The van der Waals surface area contributed by atoms with Crippen LogP contribution in [0.1, 0.15) is 18.4 Å². The van der Waals surface area contributed by atoms with Crippen molar-refractivity contribution in [2.24, 2.45) is 11.7 Å². The van der Waals surface area contributed by atoms with Crippen LogP contribution in [0.3, 0.4) is 0 Å². The summed E-state index contributed by atoms with van der Waals surface area (Å²) in [7, 11) is 3.21. The Labute approximate surface area is 142 Å². The maximum atomic E-state index is 12.3. The molecule has 1 saturated heterocycles. The summed E-state index contributed by atoms with van der Waals surface area (Å²) in [6, 6.07) is 5.19. The Balaban J connectivity index is 1.85. The molecule has 1 aromatic carbocycles. The molecular formula is C17H25N3O4. The van der Waals surface area contributed by atoms with Crippen molar-refractivity contribution in [1.82, 2.24) is 10.2 Å².